The lowest BCUT2D eigenvalue weighted by Gasteiger charge is -2.09. The zero-order valence-electron chi connectivity index (χ0n) is 7.97. The third-order valence-electron chi connectivity index (χ3n) is 1.71. The van der Waals surface area contributed by atoms with E-state index in [0.717, 1.165) is 3.57 Å². The zero-order chi connectivity index (χ0) is 10.7. The van der Waals surface area contributed by atoms with Crippen LogP contribution >= 0.6 is 34.2 Å². The lowest BCUT2D eigenvalue weighted by atomic mass is 10.2. The van der Waals surface area contributed by atoms with E-state index in [1.54, 1.807) is 6.07 Å². The van der Waals surface area contributed by atoms with Crippen LogP contribution in [0.4, 0.5) is 5.69 Å². The van der Waals surface area contributed by atoms with Crippen LogP contribution in [-0.2, 0) is 4.79 Å². The second kappa shape index (κ2) is 4.98. The van der Waals surface area contributed by atoms with Crippen molar-refractivity contribution >= 4 is 45.8 Å². The molecule has 0 saturated heterocycles. The average molecular weight is 324 g/mol. The smallest absolute Gasteiger partial charge is 0.226 e. The van der Waals surface area contributed by atoms with E-state index in [-0.39, 0.29) is 11.8 Å². The summed E-state index contributed by atoms with van der Waals surface area (Å²) in [4.78, 5) is 11.4. The van der Waals surface area contributed by atoms with Gasteiger partial charge in [0.25, 0.3) is 0 Å². The van der Waals surface area contributed by atoms with Crippen LogP contribution in [0.2, 0.25) is 5.02 Å². The Labute approximate surface area is 102 Å². The van der Waals surface area contributed by atoms with Gasteiger partial charge in [0.15, 0.2) is 0 Å². The van der Waals surface area contributed by atoms with Crippen molar-refractivity contribution in [1.29, 1.82) is 0 Å². The number of rotatable bonds is 2. The zero-order valence-corrected chi connectivity index (χ0v) is 10.9. The number of benzene rings is 1. The van der Waals surface area contributed by atoms with Gasteiger partial charge in [0.2, 0.25) is 5.91 Å². The van der Waals surface area contributed by atoms with Crippen molar-refractivity contribution in [2.45, 2.75) is 13.8 Å². The van der Waals surface area contributed by atoms with E-state index in [1.807, 2.05) is 26.0 Å². The molecular formula is C10H11ClINO. The molecule has 2 nitrogen and oxygen atoms in total. The van der Waals surface area contributed by atoms with Gasteiger partial charge in [-0.2, -0.15) is 0 Å². The number of halogens is 2. The number of carbonyl (C=O) groups is 1. The fourth-order valence-corrected chi connectivity index (χ4v) is 1.53. The van der Waals surface area contributed by atoms with E-state index in [4.69, 9.17) is 11.6 Å². The van der Waals surface area contributed by atoms with E-state index in [9.17, 15) is 4.79 Å². The van der Waals surface area contributed by atoms with Crippen LogP contribution in [0.25, 0.3) is 0 Å². The molecule has 0 bridgehead atoms. The summed E-state index contributed by atoms with van der Waals surface area (Å²) in [5, 5.41) is 3.34. The highest BCUT2D eigenvalue weighted by Gasteiger charge is 2.09. The minimum absolute atomic E-state index is 0.0195. The third kappa shape index (κ3) is 3.13. The van der Waals surface area contributed by atoms with Gasteiger partial charge in [0, 0.05) is 9.49 Å². The first-order valence-electron chi connectivity index (χ1n) is 4.26. The second-order valence-electron chi connectivity index (χ2n) is 3.27. The number of nitrogens with one attached hydrogen (secondary N) is 1. The van der Waals surface area contributed by atoms with Gasteiger partial charge in [-0.1, -0.05) is 25.4 Å². The predicted octanol–water partition coefficient (Wildman–Crippen LogP) is 3.54. The molecule has 0 aliphatic carbocycles. The molecular weight excluding hydrogens is 312 g/mol. The molecule has 0 aromatic heterocycles. The van der Waals surface area contributed by atoms with Crippen LogP contribution in [0.1, 0.15) is 13.8 Å². The Kier molecular flexibility index (Phi) is 4.19. The standard InChI is InChI=1S/C10H11ClINO/c1-6(2)10(14)13-9-5-7(12)3-4-8(9)11/h3-6H,1-2H3,(H,13,14). The maximum Gasteiger partial charge on any atom is 0.226 e. The maximum atomic E-state index is 11.4. The van der Waals surface area contributed by atoms with Crippen LogP contribution < -0.4 is 5.32 Å². The molecule has 0 spiro atoms. The first-order valence-corrected chi connectivity index (χ1v) is 5.72. The van der Waals surface area contributed by atoms with Gasteiger partial charge < -0.3 is 5.32 Å². The van der Waals surface area contributed by atoms with Crippen LogP contribution in [0.3, 0.4) is 0 Å². The fraction of sp³-hybridized carbons (Fsp3) is 0.300. The molecule has 0 aliphatic rings. The molecule has 0 aliphatic heterocycles. The Morgan fingerprint density at radius 3 is 2.71 bits per heavy atom. The second-order valence-corrected chi connectivity index (χ2v) is 4.92. The molecule has 1 aromatic carbocycles. The van der Waals surface area contributed by atoms with Gasteiger partial charge >= 0.3 is 0 Å². The fourth-order valence-electron chi connectivity index (χ4n) is 0.870. The number of hydrogen-bond acceptors (Lipinski definition) is 1. The summed E-state index contributed by atoms with van der Waals surface area (Å²) in [5.41, 5.74) is 0.678. The van der Waals surface area contributed by atoms with Crippen molar-refractivity contribution < 1.29 is 4.79 Å². The summed E-state index contributed by atoms with van der Waals surface area (Å²) in [6, 6.07) is 5.52. The SMILES string of the molecule is CC(C)C(=O)Nc1cc(I)ccc1Cl. The molecule has 0 fully saturated rings. The lowest BCUT2D eigenvalue weighted by Crippen LogP contribution is -2.17. The Balaban J connectivity index is 2.86. The van der Waals surface area contributed by atoms with E-state index in [1.165, 1.54) is 0 Å². The molecule has 0 saturated carbocycles. The molecule has 1 aromatic rings. The van der Waals surface area contributed by atoms with Crippen molar-refractivity contribution in [3.8, 4) is 0 Å². The highest BCUT2D eigenvalue weighted by atomic mass is 127. The molecule has 0 radical (unpaired) electrons. The minimum Gasteiger partial charge on any atom is -0.325 e. The molecule has 76 valence electrons. The first-order chi connectivity index (χ1) is 6.50. The van der Waals surface area contributed by atoms with Gasteiger partial charge in [0.1, 0.15) is 0 Å². The van der Waals surface area contributed by atoms with Crippen molar-refractivity contribution in [2.75, 3.05) is 5.32 Å². The highest BCUT2D eigenvalue weighted by Crippen LogP contribution is 2.24. The number of amides is 1. The van der Waals surface area contributed by atoms with E-state index >= 15 is 0 Å². The van der Waals surface area contributed by atoms with Crippen LogP contribution in [0.5, 0.6) is 0 Å². The van der Waals surface area contributed by atoms with E-state index in [2.05, 4.69) is 27.9 Å². The highest BCUT2D eigenvalue weighted by molar-refractivity contribution is 14.1. The molecule has 1 N–H and O–H groups in total. The van der Waals surface area contributed by atoms with Gasteiger partial charge in [-0.15, -0.1) is 0 Å². The lowest BCUT2D eigenvalue weighted by molar-refractivity contribution is -0.118. The van der Waals surface area contributed by atoms with Gasteiger partial charge in [-0.25, -0.2) is 0 Å². The van der Waals surface area contributed by atoms with Gasteiger partial charge in [-0.3, -0.25) is 4.79 Å². The number of anilines is 1. The normalized spacial score (nSPS) is 10.4. The molecule has 0 atom stereocenters. The summed E-state index contributed by atoms with van der Waals surface area (Å²) >= 11 is 8.10. The van der Waals surface area contributed by atoms with Gasteiger partial charge in [0.05, 0.1) is 10.7 Å². The molecule has 1 rings (SSSR count). The Morgan fingerprint density at radius 2 is 2.14 bits per heavy atom. The Bertz CT molecular complexity index is 352. The number of carbonyl (C=O) groups excluding carboxylic acids is 1. The first kappa shape index (κ1) is 11.8. The van der Waals surface area contributed by atoms with Crippen LogP contribution in [-0.4, -0.2) is 5.91 Å². The number of hydrogen-bond donors (Lipinski definition) is 1. The largest absolute Gasteiger partial charge is 0.325 e. The predicted molar refractivity (Wildman–Crippen MR) is 67.6 cm³/mol. The molecule has 4 heteroatoms. The topological polar surface area (TPSA) is 29.1 Å². The average Bonchev–Trinajstić information content (AvgIpc) is 2.11. The summed E-state index contributed by atoms with van der Waals surface area (Å²) in [7, 11) is 0. The summed E-state index contributed by atoms with van der Waals surface area (Å²) in [6.45, 7) is 3.69. The van der Waals surface area contributed by atoms with Crippen molar-refractivity contribution in [3.05, 3.63) is 26.8 Å². The molecule has 14 heavy (non-hydrogen) atoms. The summed E-state index contributed by atoms with van der Waals surface area (Å²) < 4.78 is 1.05. The van der Waals surface area contributed by atoms with E-state index in [0.29, 0.717) is 10.7 Å². The van der Waals surface area contributed by atoms with Crippen molar-refractivity contribution in [2.24, 2.45) is 5.92 Å². The van der Waals surface area contributed by atoms with Crippen LogP contribution in [0, 0.1) is 9.49 Å². The molecule has 0 unspecified atom stereocenters. The summed E-state index contributed by atoms with van der Waals surface area (Å²) in [5.74, 6) is -0.0576. The van der Waals surface area contributed by atoms with Crippen LogP contribution in [0.15, 0.2) is 18.2 Å². The Hall–Kier alpha value is -0.290. The summed E-state index contributed by atoms with van der Waals surface area (Å²) in [6.07, 6.45) is 0. The van der Waals surface area contributed by atoms with Crippen molar-refractivity contribution in [3.63, 3.8) is 0 Å². The molecule has 1 amide bonds. The molecule has 0 heterocycles. The Morgan fingerprint density at radius 1 is 1.50 bits per heavy atom. The third-order valence-corrected chi connectivity index (χ3v) is 2.71. The van der Waals surface area contributed by atoms with E-state index < -0.39 is 0 Å². The maximum absolute atomic E-state index is 11.4. The minimum atomic E-state index is -0.0380. The van der Waals surface area contributed by atoms with Gasteiger partial charge in [-0.05, 0) is 40.8 Å². The van der Waals surface area contributed by atoms with Crippen molar-refractivity contribution in [1.82, 2.24) is 0 Å². The monoisotopic (exact) mass is 323 g/mol. The quantitative estimate of drug-likeness (QED) is 0.829.